The van der Waals surface area contributed by atoms with Gasteiger partial charge in [0.2, 0.25) is 5.91 Å². The Labute approximate surface area is 146 Å². The van der Waals surface area contributed by atoms with Crippen LogP contribution in [0.2, 0.25) is 0 Å². The monoisotopic (exact) mass is 333 g/mol. The van der Waals surface area contributed by atoms with E-state index in [2.05, 4.69) is 12.2 Å². The SMILES string of the molecule is CCCCCCCCOC(=O)CCCC(=O)Nc1cccc(C)c1. The maximum atomic E-state index is 11.8. The van der Waals surface area contributed by atoms with E-state index >= 15 is 0 Å². The Morgan fingerprint density at radius 2 is 1.75 bits per heavy atom. The molecular formula is C20H31NO3. The zero-order chi connectivity index (χ0) is 17.6. The van der Waals surface area contributed by atoms with Crippen LogP contribution < -0.4 is 5.32 Å². The number of carbonyl (C=O) groups excluding carboxylic acids is 2. The Morgan fingerprint density at radius 3 is 2.50 bits per heavy atom. The van der Waals surface area contributed by atoms with Crippen molar-refractivity contribution in [2.24, 2.45) is 0 Å². The molecular weight excluding hydrogens is 302 g/mol. The second kappa shape index (κ2) is 12.6. The molecule has 0 atom stereocenters. The van der Waals surface area contributed by atoms with E-state index in [0.29, 0.717) is 25.9 Å². The smallest absolute Gasteiger partial charge is 0.305 e. The van der Waals surface area contributed by atoms with Gasteiger partial charge in [-0.05, 0) is 37.5 Å². The molecule has 4 heteroatoms. The van der Waals surface area contributed by atoms with Crippen molar-refractivity contribution in [3.8, 4) is 0 Å². The summed E-state index contributed by atoms with van der Waals surface area (Å²) in [5.74, 6) is -0.267. The van der Waals surface area contributed by atoms with Crippen LogP contribution in [0.4, 0.5) is 5.69 Å². The van der Waals surface area contributed by atoms with Crippen molar-refractivity contribution in [1.29, 1.82) is 0 Å². The molecule has 0 heterocycles. The van der Waals surface area contributed by atoms with Crippen molar-refractivity contribution in [3.05, 3.63) is 29.8 Å². The van der Waals surface area contributed by atoms with Gasteiger partial charge >= 0.3 is 5.97 Å². The van der Waals surface area contributed by atoms with Gasteiger partial charge < -0.3 is 10.1 Å². The van der Waals surface area contributed by atoms with Gasteiger partial charge in [-0.2, -0.15) is 0 Å². The number of unbranched alkanes of at least 4 members (excludes halogenated alkanes) is 5. The van der Waals surface area contributed by atoms with Gasteiger partial charge in [0.1, 0.15) is 0 Å². The van der Waals surface area contributed by atoms with Crippen molar-refractivity contribution in [2.45, 2.75) is 71.6 Å². The average molecular weight is 333 g/mol. The number of anilines is 1. The van der Waals surface area contributed by atoms with Crippen LogP contribution in [0, 0.1) is 6.92 Å². The summed E-state index contributed by atoms with van der Waals surface area (Å²) in [6, 6.07) is 7.67. The second-order valence-electron chi connectivity index (χ2n) is 6.26. The van der Waals surface area contributed by atoms with Crippen molar-refractivity contribution in [2.75, 3.05) is 11.9 Å². The van der Waals surface area contributed by atoms with Crippen LogP contribution in [0.25, 0.3) is 0 Å². The maximum Gasteiger partial charge on any atom is 0.305 e. The summed E-state index contributed by atoms with van der Waals surface area (Å²) in [6.07, 6.45) is 8.21. The third-order valence-electron chi connectivity index (χ3n) is 3.85. The standard InChI is InChI=1S/C20H31NO3/c1-3-4-5-6-7-8-15-24-20(23)14-10-13-19(22)21-18-12-9-11-17(2)16-18/h9,11-12,16H,3-8,10,13-15H2,1-2H3,(H,21,22). The van der Waals surface area contributed by atoms with E-state index in [9.17, 15) is 9.59 Å². The van der Waals surface area contributed by atoms with Crippen LogP contribution in [0.5, 0.6) is 0 Å². The van der Waals surface area contributed by atoms with E-state index < -0.39 is 0 Å². The molecule has 0 saturated heterocycles. The first kappa shape index (κ1) is 20.2. The number of rotatable bonds is 12. The summed E-state index contributed by atoms with van der Waals surface area (Å²) in [6.45, 7) is 4.68. The third kappa shape index (κ3) is 10.0. The Bertz CT molecular complexity index is 499. The molecule has 1 aromatic rings. The van der Waals surface area contributed by atoms with Gasteiger partial charge in [-0.3, -0.25) is 9.59 Å². The van der Waals surface area contributed by atoms with Crippen LogP contribution in [-0.2, 0) is 14.3 Å². The van der Waals surface area contributed by atoms with Gasteiger partial charge in [0.15, 0.2) is 0 Å². The maximum absolute atomic E-state index is 11.8. The highest BCUT2D eigenvalue weighted by Gasteiger charge is 2.07. The van der Waals surface area contributed by atoms with Crippen molar-refractivity contribution in [3.63, 3.8) is 0 Å². The Balaban J connectivity index is 2.03. The molecule has 1 amide bonds. The van der Waals surface area contributed by atoms with E-state index in [4.69, 9.17) is 4.74 Å². The van der Waals surface area contributed by atoms with Gasteiger partial charge in [-0.15, -0.1) is 0 Å². The summed E-state index contributed by atoms with van der Waals surface area (Å²) in [4.78, 5) is 23.4. The van der Waals surface area contributed by atoms with Gasteiger partial charge in [0.05, 0.1) is 6.61 Å². The highest BCUT2D eigenvalue weighted by Crippen LogP contribution is 2.11. The van der Waals surface area contributed by atoms with Crippen molar-refractivity contribution < 1.29 is 14.3 Å². The molecule has 0 fully saturated rings. The number of nitrogens with one attached hydrogen (secondary N) is 1. The molecule has 0 bridgehead atoms. The van der Waals surface area contributed by atoms with Crippen LogP contribution in [0.1, 0.15) is 70.3 Å². The minimum absolute atomic E-state index is 0.0654. The lowest BCUT2D eigenvalue weighted by Crippen LogP contribution is -2.13. The molecule has 0 aliphatic rings. The van der Waals surface area contributed by atoms with E-state index in [1.165, 1.54) is 25.7 Å². The lowest BCUT2D eigenvalue weighted by atomic mass is 10.1. The van der Waals surface area contributed by atoms with Crippen LogP contribution >= 0.6 is 0 Å². The minimum atomic E-state index is -0.202. The van der Waals surface area contributed by atoms with Crippen LogP contribution in [-0.4, -0.2) is 18.5 Å². The number of hydrogen-bond acceptors (Lipinski definition) is 3. The molecule has 1 N–H and O–H groups in total. The predicted octanol–water partition coefficient (Wildman–Crippen LogP) is 5.01. The molecule has 4 nitrogen and oxygen atoms in total. The minimum Gasteiger partial charge on any atom is -0.466 e. The third-order valence-corrected chi connectivity index (χ3v) is 3.85. The molecule has 0 aliphatic carbocycles. The summed E-state index contributed by atoms with van der Waals surface area (Å²) >= 11 is 0. The lowest BCUT2D eigenvalue weighted by molar-refractivity contribution is -0.143. The lowest BCUT2D eigenvalue weighted by Gasteiger charge is -2.07. The normalized spacial score (nSPS) is 10.4. The second-order valence-corrected chi connectivity index (χ2v) is 6.26. The zero-order valence-corrected chi connectivity index (χ0v) is 15.1. The molecule has 24 heavy (non-hydrogen) atoms. The molecule has 0 aromatic heterocycles. The molecule has 134 valence electrons. The molecule has 0 saturated carbocycles. The zero-order valence-electron chi connectivity index (χ0n) is 15.1. The fourth-order valence-electron chi connectivity index (χ4n) is 2.48. The number of esters is 1. The summed E-state index contributed by atoms with van der Waals surface area (Å²) in [5.41, 5.74) is 1.90. The fraction of sp³-hybridized carbons (Fsp3) is 0.600. The molecule has 1 rings (SSSR count). The number of carbonyl (C=O) groups is 2. The number of hydrogen-bond donors (Lipinski definition) is 1. The summed E-state index contributed by atoms with van der Waals surface area (Å²) in [7, 11) is 0. The number of amides is 1. The van der Waals surface area contributed by atoms with Crippen LogP contribution in [0.15, 0.2) is 24.3 Å². The average Bonchev–Trinajstić information content (AvgIpc) is 2.54. The molecule has 0 aliphatic heterocycles. The Morgan fingerprint density at radius 1 is 1.00 bits per heavy atom. The number of aryl methyl sites for hydroxylation is 1. The Kier molecular flexibility index (Phi) is 10.6. The van der Waals surface area contributed by atoms with Gasteiger partial charge in [0, 0.05) is 18.5 Å². The van der Waals surface area contributed by atoms with Crippen molar-refractivity contribution in [1.82, 2.24) is 0 Å². The Hall–Kier alpha value is -1.84. The number of ether oxygens (including phenoxy) is 1. The van der Waals surface area contributed by atoms with Gasteiger partial charge in [-0.25, -0.2) is 0 Å². The first-order chi connectivity index (χ1) is 11.6. The van der Waals surface area contributed by atoms with E-state index in [1.807, 2.05) is 31.2 Å². The van der Waals surface area contributed by atoms with E-state index in [0.717, 1.165) is 24.1 Å². The summed E-state index contributed by atoms with van der Waals surface area (Å²) in [5, 5.41) is 2.84. The molecule has 0 spiro atoms. The van der Waals surface area contributed by atoms with Gasteiger partial charge in [0.25, 0.3) is 0 Å². The van der Waals surface area contributed by atoms with Crippen LogP contribution in [0.3, 0.4) is 0 Å². The highest BCUT2D eigenvalue weighted by molar-refractivity contribution is 5.90. The first-order valence-electron chi connectivity index (χ1n) is 9.14. The predicted molar refractivity (Wildman–Crippen MR) is 98.0 cm³/mol. The number of benzene rings is 1. The molecule has 1 aromatic carbocycles. The highest BCUT2D eigenvalue weighted by atomic mass is 16.5. The van der Waals surface area contributed by atoms with E-state index in [1.54, 1.807) is 0 Å². The largest absolute Gasteiger partial charge is 0.466 e. The van der Waals surface area contributed by atoms with Gasteiger partial charge in [-0.1, -0.05) is 51.2 Å². The topological polar surface area (TPSA) is 55.4 Å². The quantitative estimate of drug-likeness (QED) is 0.432. The van der Waals surface area contributed by atoms with E-state index in [-0.39, 0.29) is 11.9 Å². The summed E-state index contributed by atoms with van der Waals surface area (Å²) < 4.78 is 5.19. The fourth-order valence-corrected chi connectivity index (χ4v) is 2.48. The van der Waals surface area contributed by atoms with Crippen molar-refractivity contribution >= 4 is 17.6 Å². The first-order valence-corrected chi connectivity index (χ1v) is 9.14. The molecule has 0 unspecified atom stereocenters. The molecule has 0 radical (unpaired) electrons.